The van der Waals surface area contributed by atoms with E-state index < -0.39 is 18.5 Å². The van der Waals surface area contributed by atoms with Crippen LogP contribution in [0.1, 0.15) is 48.0 Å². The molecule has 0 saturated carbocycles. The summed E-state index contributed by atoms with van der Waals surface area (Å²) in [4.78, 5) is 57.2. The lowest BCUT2D eigenvalue weighted by Crippen LogP contribution is -2.23. The van der Waals surface area contributed by atoms with E-state index in [-0.39, 0.29) is 28.4 Å². The second kappa shape index (κ2) is 7.67. The van der Waals surface area contributed by atoms with E-state index in [0.717, 1.165) is 0 Å². The summed E-state index contributed by atoms with van der Waals surface area (Å²) in [5, 5.41) is 2.55. The summed E-state index contributed by atoms with van der Waals surface area (Å²) in [6.45, 7) is 1.19. The molecule has 8 nitrogen and oxygen atoms in total. The molecule has 0 atom stereocenters. The van der Waals surface area contributed by atoms with E-state index in [1.807, 2.05) is 0 Å². The SMILES string of the molecule is Cc1cnc(C(=O)OCC(=O)Nc2ccc3c(c2)C(=O)c2ccccc2C3=O)cn1. The van der Waals surface area contributed by atoms with Crippen LogP contribution < -0.4 is 5.32 Å². The van der Waals surface area contributed by atoms with Crippen LogP contribution in [0.3, 0.4) is 0 Å². The lowest BCUT2D eigenvalue weighted by atomic mass is 9.84. The Balaban J connectivity index is 1.45. The van der Waals surface area contributed by atoms with Crippen LogP contribution in [0.15, 0.2) is 54.9 Å². The van der Waals surface area contributed by atoms with Crippen molar-refractivity contribution in [2.75, 3.05) is 11.9 Å². The zero-order valence-electron chi connectivity index (χ0n) is 15.8. The standard InChI is InChI=1S/C22H15N3O5/c1-12-9-24-18(10-23-12)22(29)30-11-19(26)25-13-6-7-16-17(8-13)21(28)15-5-3-2-4-14(15)20(16)27/h2-10H,11H2,1H3,(H,25,26). The maximum atomic E-state index is 12.7. The molecule has 0 saturated heterocycles. The molecule has 0 bridgehead atoms. The predicted octanol–water partition coefficient (Wildman–Crippen LogP) is 2.36. The first-order valence-electron chi connectivity index (χ1n) is 9.02. The molecule has 1 aromatic heterocycles. The highest BCUT2D eigenvalue weighted by Gasteiger charge is 2.29. The highest BCUT2D eigenvalue weighted by molar-refractivity contribution is 6.28. The molecule has 1 amide bonds. The zero-order chi connectivity index (χ0) is 21.3. The fourth-order valence-electron chi connectivity index (χ4n) is 3.08. The van der Waals surface area contributed by atoms with Crippen molar-refractivity contribution in [1.29, 1.82) is 0 Å². The van der Waals surface area contributed by atoms with Crippen molar-refractivity contribution in [3.05, 3.63) is 88.5 Å². The van der Waals surface area contributed by atoms with E-state index in [2.05, 4.69) is 15.3 Å². The minimum absolute atomic E-state index is 0.00930. The average Bonchev–Trinajstić information content (AvgIpc) is 2.76. The smallest absolute Gasteiger partial charge is 0.359 e. The number of ketones is 2. The van der Waals surface area contributed by atoms with Gasteiger partial charge in [0.15, 0.2) is 23.9 Å². The van der Waals surface area contributed by atoms with Gasteiger partial charge in [-0.05, 0) is 25.1 Å². The molecular weight excluding hydrogens is 386 g/mol. The van der Waals surface area contributed by atoms with Crippen LogP contribution in [0.2, 0.25) is 0 Å². The summed E-state index contributed by atoms with van der Waals surface area (Å²) in [5.74, 6) is -1.91. The molecule has 0 aliphatic heterocycles. The summed E-state index contributed by atoms with van der Waals surface area (Å²) in [7, 11) is 0. The van der Waals surface area contributed by atoms with Gasteiger partial charge in [-0.1, -0.05) is 24.3 Å². The molecule has 8 heteroatoms. The molecule has 0 unspecified atom stereocenters. The number of nitrogens with one attached hydrogen (secondary N) is 1. The second-order valence-corrected chi connectivity index (χ2v) is 6.63. The number of rotatable bonds is 4. The normalized spacial score (nSPS) is 12.0. The average molecular weight is 401 g/mol. The molecule has 1 heterocycles. The van der Waals surface area contributed by atoms with E-state index in [1.165, 1.54) is 30.6 Å². The van der Waals surface area contributed by atoms with Crippen molar-refractivity contribution in [2.24, 2.45) is 0 Å². The van der Waals surface area contributed by atoms with Gasteiger partial charge in [0.2, 0.25) is 0 Å². The molecule has 148 valence electrons. The number of ether oxygens (including phenoxy) is 1. The molecule has 1 N–H and O–H groups in total. The van der Waals surface area contributed by atoms with Crippen LogP contribution >= 0.6 is 0 Å². The van der Waals surface area contributed by atoms with E-state index >= 15 is 0 Å². The minimum atomic E-state index is -0.777. The molecule has 1 aliphatic rings. The zero-order valence-corrected chi connectivity index (χ0v) is 15.8. The molecule has 1 aliphatic carbocycles. The quantitative estimate of drug-likeness (QED) is 0.522. The fourth-order valence-corrected chi connectivity index (χ4v) is 3.08. The van der Waals surface area contributed by atoms with Crippen molar-refractivity contribution in [2.45, 2.75) is 6.92 Å². The second-order valence-electron chi connectivity index (χ2n) is 6.63. The Morgan fingerprint density at radius 3 is 2.23 bits per heavy atom. The van der Waals surface area contributed by atoms with Crippen molar-refractivity contribution in [1.82, 2.24) is 9.97 Å². The number of aryl methyl sites for hydroxylation is 1. The number of anilines is 1. The Morgan fingerprint density at radius 1 is 0.900 bits per heavy atom. The highest BCUT2D eigenvalue weighted by atomic mass is 16.5. The largest absolute Gasteiger partial charge is 0.451 e. The monoisotopic (exact) mass is 401 g/mol. The summed E-state index contributed by atoms with van der Waals surface area (Å²) in [6, 6.07) is 11.0. The molecule has 2 aromatic carbocycles. The predicted molar refractivity (Wildman–Crippen MR) is 105 cm³/mol. The molecule has 4 rings (SSSR count). The van der Waals surface area contributed by atoms with E-state index in [4.69, 9.17) is 4.74 Å². The van der Waals surface area contributed by atoms with Gasteiger partial charge in [0, 0.05) is 34.1 Å². The van der Waals surface area contributed by atoms with Crippen molar-refractivity contribution in [3.8, 4) is 0 Å². The van der Waals surface area contributed by atoms with E-state index in [1.54, 1.807) is 31.2 Å². The van der Waals surface area contributed by atoms with Crippen LogP contribution in [-0.2, 0) is 9.53 Å². The van der Waals surface area contributed by atoms with Crippen LogP contribution in [-0.4, -0.2) is 40.0 Å². The van der Waals surface area contributed by atoms with Gasteiger partial charge in [0.1, 0.15) is 0 Å². The van der Waals surface area contributed by atoms with Crippen LogP contribution in [0, 0.1) is 6.92 Å². The number of carbonyl (C=O) groups is 4. The fraction of sp³-hybridized carbons (Fsp3) is 0.0909. The van der Waals surface area contributed by atoms with Gasteiger partial charge < -0.3 is 10.1 Å². The number of nitrogens with zero attached hydrogens (tertiary/aromatic N) is 2. The summed E-state index contributed by atoms with van der Waals surface area (Å²) < 4.78 is 4.92. The van der Waals surface area contributed by atoms with Crippen LogP contribution in [0.4, 0.5) is 5.69 Å². The first-order chi connectivity index (χ1) is 14.4. The van der Waals surface area contributed by atoms with Gasteiger partial charge >= 0.3 is 5.97 Å². The van der Waals surface area contributed by atoms with Gasteiger partial charge in [-0.2, -0.15) is 0 Å². The molecule has 0 radical (unpaired) electrons. The third-order valence-electron chi connectivity index (χ3n) is 4.53. The Bertz CT molecular complexity index is 1200. The topological polar surface area (TPSA) is 115 Å². The third-order valence-corrected chi connectivity index (χ3v) is 4.53. The Kier molecular flexibility index (Phi) is 4.89. The molecule has 3 aromatic rings. The van der Waals surface area contributed by atoms with Gasteiger partial charge in [0.05, 0.1) is 11.9 Å². The number of carbonyl (C=O) groups excluding carboxylic acids is 4. The number of hydrogen-bond donors (Lipinski definition) is 1. The molecule has 0 fully saturated rings. The van der Waals surface area contributed by atoms with Crippen molar-refractivity contribution in [3.63, 3.8) is 0 Å². The van der Waals surface area contributed by atoms with Crippen molar-refractivity contribution >= 4 is 29.1 Å². The Labute approximate surface area is 170 Å². The first kappa shape index (κ1) is 19.1. The van der Waals surface area contributed by atoms with Crippen LogP contribution in [0.5, 0.6) is 0 Å². The maximum Gasteiger partial charge on any atom is 0.359 e. The molecule has 0 spiro atoms. The highest BCUT2D eigenvalue weighted by Crippen LogP contribution is 2.29. The number of esters is 1. The number of fused-ring (bicyclic) bond motifs is 2. The van der Waals surface area contributed by atoms with E-state index in [9.17, 15) is 19.2 Å². The lowest BCUT2D eigenvalue weighted by molar-refractivity contribution is -0.119. The summed E-state index contributed by atoms with van der Waals surface area (Å²) in [6.07, 6.45) is 2.68. The van der Waals surface area contributed by atoms with Crippen molar-refractivity contribution < 1.29 is 23.9 Å². The number of benzene rings is 2. The first-order valence-corrected chi connectivity index (χ1v) is 9.02. The van der Waals surface area contributed by atoms with Gasteiger partial charge in [-0.3, -0.25) is 19.4 Å². The van der Waals surface area contributed by atoms with Gasteiger partial charge in [0.25, 0.3) is 5.91 Å². The Hall–Kier alpha value is -4.20. The maximum absolute atomic E-state index is 12.7. The third kappa shape index (κ3) is 3.58. The van der Waals surface area contributed by atoms with Gasteiger partial charge in [-0.15, -0.1) is 0 Å². The molecule has 30 heavy (non-hydrogen) atoms. The molecular formula is C22H15N3O5. The van der Waals surface area contributed by atoms with Gasteiger partial charge in [-0.25, -0.2) is 9.78 Å². The number of hydrogen-bond acceptors (Lipinski definition) is 7. The van der Waals surface area contributed by atoms with Crippen LogP contribution in [0.25, 0.3) is 0 Å². The minimum Gasteiger partial charge on any atom is -0.451 e. The van der Waals surface area contributed by atoms with E-state index in [0.29, 0.717) is 22.5 Å². The number of amides is 1. The Morgan fingerprint density at radius 2 is 1.57 bits per heavy atom. The summed E-state index contributed by atoms with van der Waals surface area (Å²) in [5.41, 5.74) is 2.12. The lowest BCUT2D eigenvalue weighted by Gasteiger charge is -2.18. The number of aromatic nitrogens is 2. The summed E-state index contributed by atoms with van der Waals surface area (Å²) >= 11 is 0.